The average molecular weight is 692 g/mol. The number of carboxylic acids is 1. The van der Waals surface area contributed by atoms with E-state index < -0.39 is 23.6 Å². The molecule has 0 spiro atoms. The molecule has 2 aliphatic rings. The van der Waals surface area contributed by atoms with Crippen LogP contribution in [-0.2, 0) is 17.6 Å². The van der Waals surface area contributed by atoms with Crippen molar-refractivity contribution < 1.29 is 25.2 Å². The molecule has 8 atom stereocenters. The highest BCUT2D eigenvalue weighted by Crippen LogP contribution is 2.44. The van der Waals surface area contributed by atoms with Gasteiger partial charge in [0.1, 0.15) is 5.82 Å². The largest absolute Gasteiger partial charge is 0.481 e. The molecule has 8 unspecified atom stereocenters. The van der Waals surface area contributed by atoms with E-state index in [1.807, 2.05) is 18.2 Å². The summed E-state index contributed by atoms with van der Waals surface area (Å²) in [7, 11) is 0. The number of aromatic nitrogens is 1. The Balaban J connectivity index is 1.22. The number of allylic oxidation sites excluding steroid dienone is 1. The fraction of sp³-hybridized carbons (Fsp3) is 0.667. The minimum Gasteiger partial charge on any atom is -0.481 e. The predicted molar refractivity (Wildman–Crippen MR) is 201 cm³/mol. The molecule has 50 heavy (non-hydrogen) atoms. The topological polar surface area (TPSA) is 149 Å². The first-order valence-electron chi connectivity index (χ1n) is 19.6. The van der Waals surface area contributed by atoms with Gasteiger partial charge in [0.15, 0.2) is 0 Å². The number of hydrogen-bond donors (Lipinski definition) is 6. The molecule has 8 heteroatoms. The standard InChI is InChI=1S/C42H65N3O5/c1-2-3-6-14-32-18-19-34(39(47)26-32)16-9-5-10-17-37(41(48)49)38(46)20-22-42(50)28-35(25-33-21-24-45-40(43)27-33)36(29-42)30-44-23-11-15-31-12-7-4-8-13-31/h4,7-8,12-13,18-19,21,24,27,32,34-39,44,46-47,50H,2-3,5-6,9-11,14-17,20,22-23,25-26,28-30H2,1H3,(H2,43,45)(H,48,49). The molecule has 1 aromatic carbocycles. The summed E-state index contributed by atoms with van der Waals surface area (Å²) in [6.45, 7) is 3.91. The summed E-state index contributed by atoms with van der Waals surface area (Å²) >= 11 is 0. The molecule has 278 valence electrons. The first kappa shape index (κ1) is 40.0. The number of aryl methyl sites for hydroxylation is 1. The number of carbonyl (C=O) groups is 1. The monoisotopic (exact) mass is 691 g/mol. The molecule has 4 rings (SSSR count). The van der Waals surface area contributed by atoms with Crippen LogP contribution in [0.15, 0.2) is 60.8 Å². The fourth-order valence-corrected chi connectivity index (χ4v) is 8.52. The summed E-state index contributed by atoms with van der Waals surface area (Å²) in [5, 5.41) is 47.2. The van der Waals surface area contributed by atoms with Crippen LogP contribution >= 0.6 is 0 Å². The Hall–Kier alpha value is -2.78. The highest BCUT2D eigenvalue weighted by molar-refractivity contribution is 5.70. The lowest BCUT2D eigenvalue weighted by atomic mass is 9.81. The summed E-state index contributed by atoms with van der Waals surface area (Å²) in [5.41, 5.74) is 7.45. The van der Waals surface area contributed by atoms with E-state index in [1.165, 1.54) is 24.8 Å². The summed E-state index contributed by atoms with van der Waals surface area (Å²) in [6.07, 6.45) is 19.2. The fourth-order valence-electron chi connectivity index (χ4n) is 8.52. The molecule has 7 N–H and O–H groups in total. The molecular weight excluding hydrogens is 626 g/mol. The molecule has 0 radical (unpaired) electrons. The molecule has 8 nitrogen and oxygen atoms in total. The molecule has 1 heterocycles. The third kappa shape index (κ3) is 13.4. The molecule has 2 aliphatic carbocycles. The number of nitrogens with one attached hydrogen (secondary N) is 1. The zero-order valence-electron chi connectivity index (χ0n) is 30.5. The molecule has 0 amide bonds. The van der Waals surface area contributed by atoms with Crippen molar-refractivity contribution in [2.75, 3.05) is 18.8 Å². The third-order valence-electron chi connectivity index (χ3n) is 11.4. The number of nitrogens with zero attached hydrogens (tertiary/aromatic N) is 1. The maximum Gasteiger partial charge on any atom is 0.309 e. The molecule has 0 saturated heterocycles. The molecule has 0 aliphatic heterocycles. The highest BCUT2D eigenvalue weighted by Gasteiger charge is 2.44. The van der Waals surface area contributed by atoms with Crippen molar-refractivity contribution in [3.63, 3.8) is 0 Å². The van der Waals surface area contributed by atoms with Crippen molar-refractivity contribution in [1.29, 1.82) is 0 Å². The van der Waals surface area contributed by atoms with Gasteiger partial charge in [-0.3, -0.25) is 4.79 Å². The number of unbranched alkanes of at least 4 members (excludes halogenated alkanes) is 4. The van der Waals surface area contributed by atoms with Gasteiger partial charge in [-0.05, 0) is 125 Å². The Kier molecular flexibility index (Phi) is 16.7. The third-order valence-corrected chi connectivity index (χ3v) is 11.4. The zero-order valence-corrected chi connectivity index (χ0v) is 30.5. The average Bonchev–Trinajstić information content (AvgIpc) is 3.40. The Bertz CT molecular complexity index is 1290. The number of carboxylic acid groups (broad SMARTS) is 1. The number of nitrogens with two attached hydrogens (primary N) is 1. The van der Waals surface area contributed by atoms with E-state index in [9.17, 15) is 25.2 Å². The number of aliphatic hydroxyl groups excluding tert-OH is 2. The normalized spacial score (nSPS) is 26.2. The molecule has 1 aromatic heterocycles. The second-order valence-electron chi connectivity index (χ2n) is 15.5. The van der Waals surface area contributed by atoms with Gasteiger partial charge in [0.05, 0.1) is 23.7 Å². The van der Waals surface area contributed by atoms with Gasteiger partial charge < -0.3 is 31.5 Å². The molecule has 1 saturated carbocycles. The molecular formula is C42H65N3O5. The number of rotatable bonds is 23. The minimum absolute atomic E-state index is 0.179. The second kappa shape index (κ2) is 20.9. The zero-order chi connectivity index (χ0) is 35.8. The van der Waals surface area contributed by atoms with Gasteiger partial charge in [-0.2, -0.15) is 0 Å². The number of pyridine rings is 1. The van der Waals surface area contributed by atoms with Crippen LogP contribution in [0.1, 0.15) is 114 Å². The van der Waals surface area contributed by atoms with E-state index in [-0.39, 0.29) is 30.3 Å². The van der Waals surface area contributed by atoms with Crippen molar-refractivity contribution in [3.8, 4) is 0 Å². The first-order chi connectivity index (χ1) is 24.2. The van der Waals surface area contributed by atoms with Crippen LogP contribution in [0.25, 0.3) is 0 Å². The number of anilines is 1. The Morgan fingerprint density at radius 3 is 2.50 bits per heavy atom. The van der Waals surface area contributed by atoms with Crippen LogP contribution < -0.4 is 11.1 Å². The van der Waals surface area contributed by atoms with Crippen LogP contribution in [0.2, 0.25) is 0 Å². The summed E-state index contributed by atoms with van der Waals surface area (Å²) < 4.78 is 0. The van der Waals surface area contributed by atoms with Crippen LogP contribution in [0.4, 0.5) is 5.82 Å². The smallest absolute Gasteiger partial charge is 0.309 e. The van der Waals surface area contributed by atoms with E-state index in [4.69, 9.17) is 5.73 Å². The first-order valence-corrected chi connectivity index (χ1v) is 19.6. The lowest BCUT2D eigenvalue weighted by molar-refractivity contribution is -0.146. The van der Waals surface area contributed by atoms with E-state index in [1.54, 1.807) is 6.20 Å². The molecule has 2 aromatic rings. The number of hydrogen-bond acceptors (Lipinski definition) is 7. The maximum atomic E-state index is 12.2. The van der Waals surface area contributed by atoms with Crippen molar-refractivity contribution in [3.05, 3.63) is 71.9 Å². The maximum absolute atomic E-state index is 12.2. The minimum atomic E-state index is -1.00. The number of aliphatic carboxylic acids is 1. The number of aliphatic hydroxyl groups is 3. The van der Waals surface area contributed by atoms with Gasteiger partial charge in [-0.25, -0.2) is 4.98 Å². The Morgan fingerprint density at radius 2 is 1.76 bits per heavy atom. The number of benzene rings is 1. The Labute approximate surface area is 301 Å². The second-order valence-corrected chi connectivity index (χ2v) is 15.5. The summed E-state index contributed by atoms with van der Waals surface area (Å²) in [6, 6.07) is 14.4. The van der Waals surface area contributed by atoms with Gasteiger partial charge in [0.25, 0.3) is 0 Å². The predicted octanol–water partition coefficient (Wildman–Crippen LogP) is 7.11. The lowest BCUT2D eigenvalue weighted by Crippen LogP contribution is -2.33. The quantitative estimate of drug-likeness (QED) is 0.0534. The van der Waals surface area contributed by atoms with Crippen LogP contribution in [-0.4, -0.2) is 62.3 Å². The van der Waals surface area contributed by atoms with Crippen molar-refractivity contribution in [2.45, 2.75) is 134 Å². The van der Waals surface area contributed by atoms with Crippen molar-refractivity contribution >= 4 is 11.8 Å². The van der Waals surface area contributed by atoms with E-state index in [0.717, 1.165) is 76.4 Å². The highest BCUT2D eigenvalue weighted by atomic mass is 16.4. The molecule has 0 bridgehead atoms. The summed E-state index contributed by atoms with van der Waals surface area (Å²) in [5.74, 6) is -0.175. The van der Waals surface area contributed by atoms with Gasteiger partial charge >= 0.3 is 5.97 Å². The van der Waals surface area contributed by atoms with Gasteiger partial charge in [0.2, 0.25) is 0 Å². The van der Waals surface area contributed by atoms with E-state index in [2.05, 4.69) is 53.6 Å². The van der Waals surface area contributed by atoms with Gasteiger partial charge in [-0.15, -0.1) is 0 Å². The molecule has 1 fully saturated rings. The van der Waals surface area contributed by atoms with Crippen LogP contribution in [0.3, 0.4) is 0 Å². The number of nitrogen functional groups attached to an aromatic ring is 1. The van der Waals surface area contributed by atoms with E-state index in [0.29, 0.717) is 37.4 Å². The summed E-state index contributed by atoms with van der Waals surface area (Å²) in [4.78, 5) is 16.3. The van der Waals surface area contributed by atoms with Crippen molar-refractivity contribution in [1.82, 2.24) is 10.3 Å². The lowest BCUT2D eigenvalue weighted by Gasteiger charge is -2.28. The van der Waals surface area contributed by atoms with Gasteiger partial charge in [-0.1, -0.05) is 87.9 Å². The SMILES string of the molecule is CCCCCC1C=CC(CCCCCC(C(=O)O)C(O)CCC2(O)CC(CNCCCc3ccccc3)C(Cc3ccnc(N)c3)C2)C(O)C1. The van der Waals surface area contributed by atoms with Gasteiger partial charge in [0, 0.05) is 12.1 Å². The van der Waals surface area contributed by atoms with Crippen LogP contribution in [0.5, 0.6) is 0 Å². The van der Waals surface area contributed by atoms with Crippen molar-refractivity contribution in [2.24, 2.45) is 29.6 Å². The van der Waals surface area contributed by atoms with Crippen LogP contribution in [0, 0.1) is 29.6 Å². The Morgan fingerprint density at radius 1 is 0.980 bits per heavy atom. The van der Waals surface area contributed by atoms with E-state index >= 15 is 0 Å².